The molecule has 0 N–H and O–H groups in total. The van der Waals surface area contributed by atoms with Crippen LogP contribution in [0, 0.1) is 0 Å². The third-order valence-electron chi connectivity index (χ3n) is 3.83. The van der Waals surface area contributed by atoms with Crippen molar-refractivity contribution in [2.75, 3.05) is 5.75 Å². The van der Waals surface area contributed by atoms with E-state index in [9.17, 15) is 17.4 Å². The largest absolute Gasteiger partial charge is 0.416 e. The Morgan fingerprint density at radius 1 is 1.24 bits per heavy atom. The number of hydrogen-bond acceptors (Lipinski definition) is 3. The molecule has 4 nitrogen and oxygen atoms in total. The Morgan fingerprint density at radius 3 is 2.68 bits per heavy atom. The highest BCUT2D eigenvalue weighted by Crippen LogP contribution is 2.33. The van der Waals surface area contributed by atoms with E-state index >= 15 is 0 Å². The van der Waals surface area contributed by atoms with Gasteiger partial charge in [-0.2, -0.15) is 13.2 Å². The summed E-state index contributed by atoms with van der Waals surface area (Å²) in [4.78, 5) is 9.15. The van der Waals surface area contributed by atoms with Crippen molar-refractivity contribution >= 4 is 21.8 Å². The van der Waals surface area contributed by atoms with Crippen molar-refractivity contribution in [3.63, 3.8) is 0 Å². The fourth-order valence-electron chi connectivity index (χ4n) is 2.63. The Hall–Kier alpha value is -2.22. The van der Waals surface area contributed by atoms with Gasteiger partial charge in [-0.15, -0.1) is 0 Å². The van der Waals surface area contributed by atoms with Crippen molar-refractivity contribution in [1.29, 1.82) is 0 Å². The molecule has 2 aromatic heterocycles. The summed E-state index contributed by atoms with van der Waals surface area (Å²) in [6, 6.07) is 6.85. The molecule has 0 aliphatic carbocycles. The first-order valence-corrected chi connectivity index (χ1v) is 9.02. The van der Waals surface area contributed by atoms with Gasteiger partial charge >= 0.3 is 6.18 Å². The van der Waals surface area contributed by atoms with Gasteiger partial charge in [-0.3, -0.25) is 9.19 Å². The van der Waals surface area contributed by atoms with Crippen LogP contribution in [0.4, 0.5) is 13.2 Å². The van der Waals surface area contributed by atoms with E-state index in [4.69, 9.17) is 0 Å². The first-order chi connectivity index (χ1) is 11.8. The van der Waals surface area contributed by atoms with Gasteiger partial charge in [0.05, 0.1) is 32.3 Å². The molecule has 0 saturated heterocycles. The number of halogens is 3. The SMILES string of the molecule is CCCS(=O)c1cccnc1-c1nc2cc(C(F)(F)F)ccc2n1C. The number of fused-ring (bicyclic) bond motifs is 1. The van der Waals surface area contributed by atoms with Gasteiger partial charge < -0.3 is 4.57 Å². The summed E-state index contributed by atoms with van der Waals surface area (Å²) in [5.74, 6) is 0.885. The Balaban J connectivity index is 2.17. The number of aryl methyl sites for hydroxylation is 1. The van der Waals surface area contributed by atoms with Gasteiger partial charge in [-0.05, 0) is 36.8 Å². The minimum atomic E-state index is -4.43. The Morgan fingerprint density at radius 2 is 2.00 bits per heavy atom. The Bertz CT molecular complexity index is 950. The van der Waals surface area contributed by atoms with E-state index < -0.39 is 22.5 Å². The molecule has 3 aromatic rings. The molecule has 0 aliphatic heterocycles. The van der Waals surface area contributed by atoms with Crippen molar-refractivity contribution in [1.82, 2.24) is 14.5 Å². The van der Waals surface area contributed by atoms with E-state index in [2.05, 4.69) is 9.97 Å². The summed E-state index contributed by atoms with van der Waals surface area (Å²) >= 11 is 0. The smallest absolute Gasteiger partial charge is 0.326 e. The molecule has 0 saturated carbocycles. The van der Waals surface area contributed by atoms with Gasteiger partial charge in [-0.25, -0.2) is 4.98 Å². The summed E-state index contributed by atoms with van der Waals surface area (Å²) in [5.41, 5.74) is 0.466. The van der Waals surface area contributed by atoms with Gasteiger partial charge in [0.25, 0.3) is 0 Å². The van der Waals surface area contributed by atoms with Gasteiger partial charge in [0.2, 0.25) is 0 Å². The average Bonchev–Trinajstić information content (AvgIpc) is 2.90. The third-order valence-corrected chi connectivity index (χ3v) is 5.42. The lowest BCUT2D eigenvalue weighted by Crippen LogP contribution is -2.04. The van der Waals surface area contributed by atoms with Crippen molar-refractivity contribution in [3.8, 4) is 11.5 Å². The topological polar surface area (TPSA) is 47.8 Å². The van der Waals surface area contributed by atoms with Crippen LogP contribution in [0.25, 0.3) is 22.6 Å². The van der Waals surface area contributed by atoms with E-state index in [0.29, 0.717) is 27.7 Å². The molecular weight excluding hydrogens is 351 g/mol. The molecule has 3 rings (SSSR count). The molecule has 8 heteroatoms. The normalized spacial score (nSPS) is 13.3. The number of rotatable bonds is 4. The second kappa shape index (κ2) is 6.59. The number of benzene rings is 1. The summed E-state index contributed by atoms with van der Waals surface area (Å²) in [5, 5.41) is 0. The van der Waals surface area contributed by atoms with Crippen molar-refractivity contribution in [2.45, 2.75) is 24.4 Å². The summed E-state index contributed by atoms with van der Waals surface area (Å²) < 4.78 is 52.8. The highest BCUT2D eigenvalue weighted by molar-refractivity contribution is 7.85. The highest BCUT2D eigenvalue weighted by atomic mass is 32.2. The van der Waals surface area contributed by atoms with E-state index in [1.807, 2.05) is 6.92 Å². The zero-order valence-electron chi connectivity index (χ0n) is 13.7. The van der Waals surface area contributed by atoms with Gasteiger partial charge in [-0.1, -0.05) is 6.92 Å². The fourth-order valence-corrected chi connectivity index (χ4v) is 3.81. The minimum absolute atomic E-state index is 0.227. The monoisotopic (exact) mass is 367 g/mol. The van der Waals surface area contributed by atoms with Crippen molar-refractivity contribution in [3.05, 3.63) is 42.1 Å². The van der Waals surface area contributed by atoms with Crippen LogP contribution >= 0.6 is 0 Å². The quantitative estimate of drug-likeness (QED) is 0.695. The molecule has 132 valence electrons. The molecule has 1 atom stereocenters. The lowest BCUT2D eigenvalue weighted by Gasteiger charge is -2.08. The third kappa shape index (κ3) is 3.30. The maximum absolute atomic E-state index is 12.9. The predicted octanol–water partition coefficient (Wildman–Crippen LogP) is 4.17. The maximum Gasteiger partial charge on any atom is 0.416 e. The standard InChI is InChI=1S/C17H16F3N3OS/c1-3-9-25(24)14-5-4-8-21-15(14)16-22-12-10-11(17(18,19)20)6-7-13(12)23(16)2/h4-8,10H,3,9H2,1-2H3. The van der Waals surface area contributed by atoms with Gasteiger partial charge in [0, 0.05) is 19.0 Å². The predicted molar refractivity (Wildman–Crippen MR) is 90.5 cm³/mol. The molecule has 0 amide bonds. The second-order valence-corrected chi connectivity index (χ2v) is 7.13. The molecule has 0 fully saturated rings. The number of nitrogens with zero attached hydrogens (tertiary/aromatic N) is 3. The number of imidazole rings is 1. The zero-order valence-corrected chi connectivity index (χ0v) is 14.5. The summed E-state index contributed by atoms with van der Waals surface area (Å²) in [7, 11) is 0.468. The van der Waals surface area contributed by atoms with E-state index in [-0.39, 0.29) is 5.52 Å². The molecule has 25 heavy (non-hydrogen) atoms. The molecule has 0 radical (unpaired) electrons. The van der Waals surface area contributed by atoms with Crippen LogP contribution in [0.15, 0.2) is 41.4 Å². The first-order valence-electron chi connectivity index (χ1n) is 7.70. The van der Waals surface area contributed by atoms with Crippen LogP contribution in [-0.2, 0) is 24.0 Å². The van der Waals surface area contributed by atoms with E-state index in [1.54, 1.807) is 29.9 Å². The molecule has 0 spiro atoms. The second-order valence-electron chi connectivity index (χ2n) is 5.60. The van der Waals surface area contributed by atoms with Gasteiger partial charge in [0.1, 0.15) is 5.69 Å². The Kier molecular flexibility index (Phi) is 4.64. The Labute approximate surface area is 145 Å². The number of pyridine rings is 1. The zero-order chi connectivity index (χ0) is 18.2. The van der Waals surface area contributed by atoms with Crippen LogP contribution in [0.5, 0.6) is 0 Å². The van der Waals surface area contributed by atoms with Crippen molar-refractivity contribution in [2.24, 2.45) is 7.05 Å². The molecule has 0 bridgehead atoms. The summed E-state index contributed by atoms with van der Waals surface area (Å²) in [6.07, 6.45) is -2.12. The van der Waals surface area contributed by atoms with Gasteiger partial charge in [0.15, 0.2) is 5.82 Å². The van der Waals surface area contributed by atoms with Crippen LogP contribution in [0.2, 0.25) is 0 Å². The van der Waals surface area contributed by atoms with Crippen LogP contribution in [-0.4, -0.2) is 24.5 Å². The fraction of sp³-hybridized carbons (Fsp3) is 0.294. The van der Waals surface area contributed by atoms with Crippen LogP contribution in [0.1, 0.15) is 18.9 Å². The average molecular weight is 367 g/mol. The molecular formula is C17H16F3N3OS. The highest BCUT2D eigenvalue weighted by Gasteiger charge is 2.31. The van der Waals surface area contributed by atoms with Crippen LogP contribution < -0.4 is 0 Å². The maximum atomic E-state index is 12.9. The lowest BCUT2D eigenvalue weighted by molar-refractivity contribution is -0.137. The first kappa shape index (κ1) is 17.6. The van der Waals surface area contributed by atoms with E-state index in [0.717, 1.165) is 18.6 Å². The molecule has 1 aromatic carbocycles. The molecule has 1 unspecified atom stereocenters. The number of alkyl halides is 3. The number of aromatic nitrogens is 3. The lowest BCUT2D eigenvalue weighted by atomic mass is 10.2. The van der Waals surface area contributed by atoms with Crippen LogP contribution in [0.3, 0.4) is 0 Å². The molecule has 2 heterocycles. The van der Waals surface area contributed by atoms with Crippen molar-refractivity contribution < 1.29 is 17.4 Å². The molecule has 0 aliphatic rings. The number of hydrogen-bond donors (Lipinski definition) is 0. The van der Waals surface area contributed by atoms with E-state index in [1.165, 1.54) is 6.07 Å². The minimum Gasteiger partial charge on any atom is -0.326 e. The summed E-state index contributed by atoms with van der Waals surface area (Å²) in [6.45, 7) is 1.93.